The highest BCUT2D eigenvalue weighted by Gasteiger charge is 2.25. The van der Waals surface area contributed by atoms with Crippen LogP contribution in [0.15, 0.2) is 0 Å². The zero-order valence-corrected chi connectivity index (χ0v) is 14.1. The minimum atomic E-state index is -0.344. The van der Waals surface area contributed by atoms with Crippen molar-refractivity contribution in [3.05, 3.63) is 0 Å². The van der Waals surface area contributed by atoms with Gasteiger partial charge in [0.2, 0.25) is 11.8 Å². The van der Waals surface area contributed by atoms with Crippen molar-refractivity contribution in [1.29, 1.82) is 0 Å². The van der Waals surface area contributed by atoms with Gasteiger partial charge >= 0.3 is 5.97 Å². The number of esters is 1. The summed E-state index contributed by atoms with van der Waals surface area (Å²) in [5, 5.41) is 0. The summed E-state index contributed by atoms with van der Waals surface area (Å²) in [6, 6.07) is 0. The molecule has 130 valence electrons. The third-order valence-electron chi connectivity index (χ3n) is 4.87. The fourth-order valence-electron chi connectivity index (χ4n) is 3.45. The number of nitrogens with zero attached hydrogens (tertiary/aromatic N) is 2. The minimum absolute atomic E-state index is 0.0194. The van der Waals surface area contributed by atoms with Crippen molar-refractivity contribution in [1.82, 2.24) is 9.80 Å². The number of carbonyl (C=O) groups excluding carboxylic acids is 3. The van der Waals surface area contributed by atoms with Crippen molar-refractivity contribution in [2.75, 3.05) is 33.3 Å². The summed E-state index contributed by atoms with van der Waals surface area (Å²) in [6.45, 7) is 3.28. The number of ether oxygens (including phenoxy) is 1. The Hall–Kier alpha value is -1.59. The lowest BCUT2D eigenvalue weighted by Gasteiger charge is -2.33. The van der Waals surface area contributed by atoms with E-state index < -0.39 is 0 Å². The summed E-state index contributed by atoms with van der Waals surface area (Å²) in [6.07, 6.45) is 6.11. The number of piperidine rings is 1. The maximum Gasteiger partial charge on any atom is 0.306 e. The molecule has 2 fully saturated rings. The minimum Gasteiger partial charge on any atom is -0.469 e. The highest BCUT2D eigenvalue weighted by molar-refractivity contribution is 5.81. The molecule has 0 aromatic heterocycles. The fourth-order valence-corrected chi connectivity index (χ4v) is 3.45. The van der Waals surface area contributed by atoms with E-state index in [1.54, 1.807) is 0 Å². The molecule has 2 amide bonds. The van der Waals surface area contributed by atoms with Gasteiger partial charge in [-0.25, -0.2) is 0 Å². The van der Waals surface area contributed by atoms with Gasteiger partial charge in [0, 0.05) is 39.0 Å². The highest BCUT2D eigenvalue weighted by atomic mass is 16.5. The van der Waals surface area contributed by atoms with Crippen molar-refractivity contribution >= 4 is 17.8 Å². The molecule has 0 saturated carbocycles. The fraction of sp³-hybridized carbons (Fsp3) is 0.824. The molecule has 0 aromatic rings. The van der Waals surface area contributed by atoms with Gasteiger partial charge in [-0.05, 0) is 38.0 Å². The second kappa shape index (κ2) is 8.89. The molecule has 0 bridgehead atoms. The maximum atomic E-state index is 12.2. The van der Waals surface area contributed by atoms with Gasteiger partial charge in [0.05, 0.1) is 13.5 Å². The lowest BCUT2D eigenvalue weighted by molar-refractivity contribution is -0.144. The van der Waals surface area contributed by atoms with Gasteiger partial charge in [0.15, 0.2) is 0 Å². The Kier molecular flexibility index (Phi) is 6.86. The van der Waals surface area contributed by atoms with Crippen LogP contribution in [0, 0.1) is 5.92 Å². The number of hydrogen-bond acceptors (Lipinski definition) is 4. The van der Waals surface area contributed by atoms with Crippen LogP contribution in [-0.4, -0.2) is 60.9 Å². The number of methoxy groups -OCH3 is 1. The zero-order valence-electron chi connectivity index (χ0n) is 14.1. The molecule has 0 radical (unpaired) electrons. The predicted octanol–water partition coefficient (Wildman–Crippen LogP) is 1.58. The molecule has 2 aliphatic heterocycles. The molecule has 2 aliphatic rings. The zero-order chi connectivity index (χ0) is 16.7. The maximum absolute atomic E-state index is 12.2. The summed E-state index contributed by atoms with van der Waals surface area (Å²) in [4.78, 5) is 39.2. The SMILES string of the molecule is COC(=O)CCC(=O)N1CCCC(CCC(=O)N2CCCC2)C1. The van der Waals surface area contributed by atoms with Crippen LogP contribution in [0.25, 0.3) is 0 Å². The lowest BCUT2D eigenvalue weighted by atomic mass is 9.93. The average molecular weight is 324 g/mol. The van der Waals surface area contributed by atoms with Crippen molar-refractivity contribution < 1.29 is 19.1 Å². The second-order valence-corrected chi connectivity index (χ2v) is 6.55. The van der Waals surface area contributed by atoms with E-state index >= 15 is 0 Å². The van der Waals surface area contributed by atoms with Crippen molar-refractivity contribution in [2.45, 2.75) is 51.4 Å². The smallest absolute Gasteiger partial charge is 0.306 e. The standard InChI is InChI=1S/C17H28N2O4/c1-23-17(22)9-8-16(21)19-12-4-5-14(13-19)6-7-15(20)18-10-2-3-11-18/h14H,2-13H2,1H3. The average Bonchev–Trinajstić information content (AvgIpc) is 3.12. The molecule has 0 aliphatic carbocycles. The molecule has 6 nitrogen and oxygen atoms in total. The third-order valence-corrected chi connectivity index (χ3v) is 4.87. The Morgan fingerprint density at radius 1 is 0.913 bits per heavy atom. The van der Waals surface area contributed by atoms with Gasteiger partial charge in [0.1, 0.15) is 0 Å². The van der Waals surface area contributed by atoms with Crippen molar-refractivity contribution in [2.24, 2.45) is 5.92 Å². The highest BCUT2D eigenvalue weighted by Crippen LogP contribution is 2.23. The van der Waals surface area contributed by atoms with Crippen molar-refractivity contribution in [3.8, 4) is 0 Å². The van der Waals surface area contributed by atoms with Gasteiger partial charge in [-0.2, -0.15) is 0 Å². The van der Waals surface area contributed by atoms with E-state index in [2.05, 4.69) is 4.74 Å². The summed E-state index contributed by atoms with van der Waals surface area (Å²) in [5.74, 6) is 0.336. The molecular formula is C17H28N2O4. The number of amides is 2. The first-order valence-corrected chi connectivity index (χ1v) is 8.72. The van der Waals surface area contributed by atoms with E-state index in [0.29, 0.717) is 18.9 Å². The van der Waals surface area contributed by atoms with Gasteiger partial charge < -0.3 is 14.5 Å². The third kappa shape index (κ3) is 5.52. The number of hydrogen-bond donors (Lipinski definition) is 0. The van der Waals surface area contributed by atoms with Crippen LogP contribution in [0.1, 0.15) is 51.4 Å². The van der Waals surface area contributed by atoms with Crippen molar-refractivity contribution in [3.63, 3.8) is 0 Å². The van der Waals surface area contributed by atoms with Gasteiger partial charge in [-0.1, -0.05) is 0 Å². The molecule has 2 saturated heterocycles. The van der Waals surface area contributed by atoms with E-state index in [1.807, 2.05) is 9.80 Å². The van der Waals surface area contributed by atoms with E-state index in [0.717, 1.165) is 51.7 Å². The van der Waals surface area contributed by atoms with E-state index in [1.165, 1.54) is 7.11 Å². The normalized spacial score (nSPS) is 21.3. The Balaban J connectivity index is 1.71. The second-order valence-electron chi connectivity index (χ2n) is 6.55. The number of carbonyl (C=O) groups is 3. The molecule has 1 unspecified atom stereocenters. The molecule has 6 heteroatoms. The Morgan fingerprint density at radius 2 is 1.57 bits per heavy atom. The molecule has 2 heterocycles. The first kappa shape index (κ1) is 17.8. The Labute approximate surface area is 138 Å². The Bertz CT molecular complexity index is 432. The van der Waals surface area contributed by atoms with Crippen LogP contribution < -0.4 is 0 Å². The molecule has 1 atom stereocenters. The largest absolute Gasteiger partial charge is 0.469 e. The number of likely N-dealkylation sites (tertiary alicyclic amines) is 2. The van der Waals surface area contributed by atoms with Gasteiger partial charge in [-0.15, -0.1) is 0 Å². The van der Waals surface area contributed by atoms with E-state index in [9.17, 15) is 14.4 Å². The van der Waals surface area contributed by atoms with Crippen LogP contribution in [0.5, 0.6) is 0 Å². The topological polar surface area (TPSA) is 66.9 Å². The summed E-state index contributed by atoms with van der Waals surface area (Å²) in [5.41, 5.74) is 0. The first-order chi connectivity index (χ1) is 11.1. The molecular weight excluding hydrogens is 296 g/mol. The van der Waals surface area contributed by atoms with Crippen LogP contribution in [0.4, 0.5) is 0 Å². The quantitative estimate of drug-likeness (QED) is 0.696. The first-order valence-electron chi connectivity index (χ1n) is 8.72. The van der Waals surface area contributed by atoms with Crippen LogP contribution in [-0.2, 0) is 19.1 Å². The van der Waals surface area contributed by atoms with E-state index in [4.69, 9.17) is 0 Å². The monoisotopic (exact) mass is 324 g/mol. The lowest BCUT2D eigenvalue weighted by Crippen LogP contribution is -2.40. The van der Waals surface area contributed by atoms with E-state index in [-0.39, 0.29) is 30.6 Å². The number of rotatable bonds is 6. The molecule has 0 N–H and O–H groups in total. The van der Waals surface area contributed by atoms with Crippen LogP contribution >= 0.6 is 0 Å². The molecule has 0 aromatic carbocycles. The molecule has 23 heavy (non-hydrogen) atoms. The Morgan fingerprint density at radius 3 is 2.26 bits per heavy atom. The summed E-state index contributed by atoms with van der Waals surface area (Å²) in [7, 11) is 1.33. The molecule has 0 spiro atoms. The summed E-state index contributed by atoms with van der Waals surface area (Å²) >= 11 is 0. The van der Waals surface area contributed by atoms with Gasteiger partial charge in [0.25, 0.3) is 0 Å². The molecule has 2 rings (SSSR count). The van der Waals surface area contributed by atoms with Gasteiger partial charge in [-0.3, -0.25) is 14.4 Å². The van der Waals surface area contributed by atoms with Crippen LogP contribution in [0.2, 0.25) is 0 Å². The predicted molar refractivity (Wildman–Crippen MR) is 85.6 cm³/mol. The summed E-state index contributed by atoms with van der Waals surface area (Å²) < 4.78 is 4.57. The van der Waals surface area contributed by atoms with Crippen LogP contribution in [0.3, 0.4) is 0 Å².